The maximum Gasteiger partial charge on any atom is 0.422 e. The lowest BCUT2D eigenvalue weighted by Gasteiger charge is -2.13. The number of rotatable bonds is 5. The van der Waals surface area contributed by atoms with Gasteiger partial charge in [0.05, 0.1) is 6.10 Å². The molecule has 0 aliphatic heterocycles. The molecule has 0 fully saturated rings. The number of nitrogens with one attached hydrogen (secondary N) is 2. The monoisotopic (exact) mass is 239 g/mol. The molecule has 90 valence electrons. The summed E-state index contributed by atoms with van der Waals surface area (Å²) in [6.07, 6.45) is -1.39. The third-order valence-corrected chi connectivity index (χ3v) is 2.42. The zero-order valence-electron chi connectivity index (χ0n) is 8.98. The van der Waals surface area contributed by atoms with Crippen molar-refractivity contribution in [3.8, 4) is 0 Å². The largest absolute Gasteiger partial charge is 0.446 e. The molecule has 0 heterocycles. The summed E-state index contributed by atoms with van der Waals surface area (Å²) in [6, 6.07) is -0.450. The van der Waals surface area contributed by atoms with Crippen molar-refractivity contribution in [2.45, 2.75) is 32.9 Å². The molecular formula is C7H17N3O4S. The van der Waals surface area contributed by atoms with E-state index >= 15 is 0 Å². The fourth-order valence-corrected chi connectivity index (χ4v) is 1.64. The minimum atomic E-state index is -3.89. The summed E-state index contributed by atoms with van der Waals surface area (Å²) >= 11 is 0. The van der Waals surface area contributed by atoms with Gasteiger partial charge in [0.15, 0.2) is 0 Å². The first-order valence-electron chi connectivity index (χ1n) is 4.47. The highest BCUT2D eigenvalue weighted by Gasteiger charge is 2.17. The lowest BCUT2D eigenvalue weighted by atomic mass is 10.4. The van der Waals surface area contributed by atoms with Crippen molar-refractivity contribution in [1.82, 2.24) is 9.44 Å². The summed E-state index contributed by atoms with van der Waals surface area (Å²) < 4.78 is 30.9. The van der Waals surface area contributed by atoms with E-state index < -0.39 is 22.3 Å². The summed E-state index contributed by atoms with van der Waals surface area (Å²) in [5.74, 6) is 0. The molecule has 1 atom stereocenters. The van der Waals surface area contributed by atoms with Crippen LogP contribution in [0.25, 0.3) is 0 Å². The highest BCUT2D eigenvalue weighted by Crippen LogP contribution is 1.90. The van der Waals surface area contributed by atoms with Crippen molar-refractivity contribution >= 4 is 16.3 Å². The summed E-state index contributed by atoms with van der Waals surface area (Å²) in [5, 5.41) is 0. The Bertz CT molecular complexity index is 301. The SMILES string of the molecule is CC(CN)NS(=O)(=O)NC(=O)OC(C)C. The van der Waals surface area contributed by atoms with Crippen LogP contribution < -0.4 is 15.2 Å². The van der Waals surface area contributed by atoms with Gasteiger partial charge in [-0.15, -0.1) is 0 Å². The highest BCUT2D eigenvalue weighted by molar-refractivity contribution is 7.88. The molecule has 7 nitrogen and oxygen atoms in total. The van der Waals surface area contributed by atoms with Crippen molar-refractivity contribution in [3.63, 3.8) is 0 Å². The van der Waals surface area contributed by atoms with E-state index in [1.807, 2.05) is 0 Å². The lowest BCUT2D eigenvalue weighted by Crippen LogP contribution is -2.46. The van der Waals surface area contributed by atoms with E-state index in [1.54, 1.807) is 25.5 Å². The van der Waals surface area contributed by atoms with E-state index in [0.29, 0.717) is 0 Å². The average Bonchev–Trinajstić information content (AvgIpc) is 1.99. The second-order valence-corrected chi connectivity index (χ2v) is 4.76. The van der Waals surface area contributed by atoms with Gasteiger partial charge in [-0.1, -0.05) is 0 Å². The first-order valence-corrected chi connectivity index (χ1v) is 5.96. The van der Waals surface area contributed by atoms with Crippen LogP contribution in [0.1, 0.15) is 20.8 Å². The normalized spacial score (nSPS) is 13.7. The van der Waals surface area contributed by atoms with Gasteiger partial charge in [0, 0.05) is 12.6 Å². The van der Waals surface area contributed by atoms with Crippen LogP contribution in [0.2, 0.25) is 0 Å². The van der Waals surface area contributed by atoms with Crippen LogP contribution in [0, 0.1) is 0 Å². The Balaban J connectivity index is 4.20. The fourth-order valence-electron chi connectivity index (χ4n) is 0.690. The second kappa shape index (κ2) is 5.89. The van der Waals surface area contributed by atoms with Crippen molar-refractivity contribution in [2.24, 2.45) is 5.73 Å². The van der Waals surface area contributed by atoms with E-state index in [1.165, 1.54) is 0 Å². The maximum atomic E-state index is 11.2. The zero-order valence-corrected chi connectivity index (χ0v) is 9.80. The van der Waals surface area contributed by atoms with Gasteiger partial charge >= 0.3 is 16.3 Å². The van der Waals surface area contributed by atoms with Crippen molar-refractivity contribution < 1.29 is 17.9 Å². The molecule has 0 aliphatic rings. The smallest absolute Gasteiger partial charge is 0.422 e. The number of amides is 1. The first-order chi connectivity index (χ1) is 6.76. The Morgan fingerprint density at radius 3 is 2.33 bits per heavy atom. The predicted octanol–water partition coefficient (Wildman–Crippen LogP) is -0.697. The van der Waals surface area contributed by atoms with Gasteiger partial charge in [-0.3, -0.25) is 0 Å². The topological polar surface area (TPSA) is 111 Å². The Kier molecular flexibility index (Phi) is 5.55. The molecule has 0 bridgehead atoms. The molecule has 1 amide bonds. The Morgan fingerprint density at radius 1 is 1.40 bits per heavy atom. The lowest BCUT2D eigenvalue weighted by molar-refractivity contribution is 0.121. The third-order valence-electron chi connectivity index (χ3n) is 1.27. The van der Waals surface area contributed by atoms with E-state index in [4.69, 9.17) is 5.73 Å². The molecular weight excluding hydrogens is 222 g/mol. The van der Waals surface area contributed by atoms with Crippen LogP contribution in [-0.4, -0.2) is 33.2 Å². The minimum Gasteiger partial charge on any atom is -0.446 e. The van der Waals surface area contributed by atoms with Crippen LogP contribution in [-0.2, 0) is 14.9 Å². The van der Waals surface area contributed by atoms with Gasteiger partial charge in [0.1, 0.15) is 0 Å². The molecule has 15 heavy (non-hydrogen) atoms. The van der Waals surface area contributed by atoms with Gasteiger partial charge in [-0.05, 0) is 20.8 Å². The molecule has 0 aliphatic carbocycles. The van der Waals surface area contributed by atoms with Crippen LogP contribution in [0.3, 0.4) is 0 Å². The van der Waals surface area contributed by atoms with Gasteiger partial charge in [0.2, 0.25) is 0 Å². The van der Waals surface area contributed by atoms with Gasteiger partial charge < -0.3 is 10.5 Å². The molecule has 0 saturated carbocycles. The van der Waals surface area contributed by atoms with E-state index in [-0.39, 0.29) is 12.6 Å². The third kappa shape index (κ3) is 7.11. The number of hydrogen-bond donors (Lipinski definition) is 3. The predicted molar refractivity (Wildman–Crippen MR) is 55.3 cm³/mol. The van der Waals surface area contributed by atoms with E-state index in [2.05, 4.69) is 9.46 Å². The molecule has 0 aromatic carbocycles. The number of ether oxygens (including phenoxy) is 1. The standard InChI is InChI=1S/C7H17N3O4S/c1-5(2)14-7(11)10-15(12,13)9-6(3)4-8/h5-6,9H,4,8H2,1-3H3,(H,10,11). The molecule has 1 unspecified atom stereocenters. The second-order valence-electron chi connectivity index (χ2n) is 3.31. The molecule has 0 aromatic heterocycles. The van der Waals surface area contributed by atoms with Crippen molar-refractivity contribution in [3.05, 3.63) is 0 Å². The molecule has 0 aromatic rings. The molecule has 0 spiro atoms. The molecule has 0 radical (unpaired) electrons. The first kappa shape index (κ1) is 14.1. The quantitative estimate of drug-likeness (QED) is 0.587. The average molecular weight is 239 g/mol. The van der Waals surface area contributed by atoms with E-state index in [9.17, 15) is 13.2 Å². The maximum absolute atomic E-state index is 11.2. The number of carbonyl (C=O) groups is 1. The summed E-state index contributed by atoms with van der Waals surface area (Å²) in [4.78, 5) is 11.0. The van der Waals surface area contributed by atoms with Gasteiger partial charge in [-0.25, -0.2) is 9.52 Å². The van der Waals surface area contributed by atoms with Gasteiger partial charge in [-0.2, -0.15) is 13.1 Å². The summed E-state index contributed by atoms with van der Waals surface area (Å²) in [5.41, 5.74) is 5.22. The highest BCUT2D eigenvalue weighted by atomic mass is 32.2. The van der Waals surface area contributed by atoms with Crippen molar-refractivity contribution in [1.29, 1.82) is 0 Å². The fraction of sp³-hybridized carbons (Fsp3) is 0.857. The molecule has 0 rings (SSSR count). The number of hydrogen-bond acceptors (Lipinski definition) is 5. The van der Waals surface area contributed by atoms with Crippen LogP contribution in [0.15, 0.2) is 0 Å². The summed E-state index contributed by atoms with van der Waals surface area (Å²) in [7, 11) is -3.89. The molecule has 8 heteroatoms. The van der Waals surface area contributed by atoms with Gasteiger partial charge in [0.25, 0.3) is 0 Å². The summed E-state index contributed by atoms with van der Waals surface area (Å²) in [6.45, 7) is 4.94. The zero-order chi connectivity index (χ0) is 12.1. The van der Waals surface area contributed by atoms with Crippen LogP contribution >= 0.6 is 0 Å². The van der Waals surface area contributed by atoms with Crippen molar-refractivity contribution in [2.75, 3.05) is 6.54 Å². The molecule has 0 saturated heterocycles. The number of carbonyl (C=O) groups excluding carboxylic acids is 1. The number of nitrogens with two attached hydrogens (primary N) is 1. The van der Waals surface area contributed by atoms with E-state index in [0.717, 1.165) is 0 Å². The molecule has 4 N–H and O–H groups in total. The minimum absolute atomic E-state index is 0.139. The Labute approximate surface area is 89.5 Å². The van der Waals surface area contributed by atoms with Crippen LogP contribution in [0.4, 0.5) is 4.79 Å². The Morgan fingerprint density at radius 2 is 1.93 bits per heavy atom. The van der Waals surface area contributed by atoms with Crippen LogP contribution in [0.5, 0.6) is 0 Å². The Hall–Kier alpha value is -0.860.